The lowest BCUT2D eigenvalue weighted by Gasteiger charge is -2.05. The van der Waals surface area contributed by atoms with Gasteiger partial charge in [0, 0.05) is 25.4 Å². The number of nitrogens with zero attached hydrogens (tertiary/aromatic N) is 2. The van der Waals surface area contributed by atoms with Gasteiger partial charge in [-0.1, -0.05) is 41.4 Å². The van der Waals surface area contributed by atoms with E-state index in [-0.39, 0.29) is 11.4 Å². The topological polar surface area (TPSA) is 63.5 Å². The molecule has 120 valence electrons. The number of imidazole rings is 1. The average molecular weight is 370 g/mol. The second-order valence-electron chi connectivity index (χ2n) is 4.93. The van der Waals surface area contributed by atoms with Gasteiger partial charge < -0.3 is 4.40 Å². The Morgan fingerprint density at radius 3 is 2.61 bits per heavy atom. The summed E-state index contributed by atoms with van der Waals surface area (Å²) >= 11 is 12.0. The Hall–Kier alpha value is -1.60. The first kappa shape index (κ1) is 16.3. The van der Waals surface area contributed by atoms with Crippen LogP contribution in [0.5, 0.6) is 0 Å². The van der Waals surface area contributed by atoms with Gasteiger partial charge in [0.1, 0.15) is 0 Å². The molecule has 0 saturated carbocycles. The maximum atomic E-state index is 12.1. The molecule has 1 N–H and O–H groups in total. The molecule has 0 aliphatic heterocycles. The maximum absolute atomic E-state index is 12.1. The smallest absolute Gasteiger partial charge is 0.240 e. The summed E-state index contributed by atoms with van der Waals surface area (Å²) in [5, 5.41) is 0.963. The Balaban J connectivity index is 1.71. The fourth-order valence-corrected chi connectivity index (χ4v) is 3.77. The van der Waals surface area contributed by atoms with Gasteiger partial charge in [0.25, 0.3) is 0 Å². The normalized spacial score (nSPS) is 11.9. The van der Waals surface area contributed by atoms with Crippen molar-refractivity contribution >= 4 is 38.9 Å². The van der Waals surface area contributed by atoms with Crippen LogP contribution in [0.15, 0.2) is 53.7 Å². The quantitative estimate of drug-likeness (QED) is 0.751. The number of hydrogen-bond donors (Lipinski definition) is 1. The predicted octanol–water partition coefficient (Wildman–Crippen LogP) is 3.16. The van der Waals surface area contributed by atoms with Crippen molar-refractivity contribution in [1.82, 2.24) is 14.1 Å². The molecule has 0 fully saturated rings. The molecule has 8 heteroatoms. The number of benzene rings is 1. The minimum Gasteiger partial charge on any atom is -0.304 e. The second-order valence-corrected chi connectivity index (χ2v) is 7.54. The molecule has 0 amide bonds. The number of rotatable bonds is 5. The Morgan fingerprint density at radius 2 is 1.87 bits per heavy atom. The molecular formula is C15H13Cl2N3O2S. The first-order valence-corrected chi connectivity index (χ1v) is 9.07. The molecule has 3 rings (SSSR count). The minimum atomic E-state index is -3.51. The SMILES string of the molecule is O=S(=O)(NCCc1cn2cc(Cl)cc(Cl)c2n1)c1ccccc1. The molecule has 0 unspecified atom stereocenters. The lowest BCUT2D eigenvalue weighted by molar-refractivity contribution is 0.581. The molecule has 5 nitrogen and oxygen atoms in total. The van der Waals surface area contributed by atoms with Crippen LogP contribution in [0.2, 0.25) is 10.0 Å². The highest BCUT2D eigenvalue weighted by Gasteiger charge is 2.13. The molecule has 0 radical (unpaired) electrons. The summed E-state index contributed by atoms with van der Waals surface area (Å²) in [5.41, 5.74) is 1.32. The van der Waals surface area contributed by atoms with Gasteiger partial charge in [-0.15, -0.1) is 0 Å². The summed E-state index contributed by atoms with van der Waals surface area (Å²) in [7, 11) is -3.51. The van der Waals surface area contributed by atoms with E-state index in [0.717, 1.165) is 5.69 Å². The van der Waals surface area contributed by atoms with Crippen LogP contribution >= 0.6 is 23.2 Å². The Labute approximate surface area is 143 Å². The average Bonchev–Trinajstić information content (AvgIpc) is 2.91. The van der Waals surface area contributed by atoms with E-state index in [1.54, 1.807) is 53.2 Å². The van der Waals surface area contributed by atoms with Crippen molar-refractivity contribution in [2.24, 2.45) is 0 Å². The molecule has 1 aromatic carbocycles. The van der Waals surface area contributed by atoms with Crippen molar-refractivity contribution in [3.8, 4) is 0 Å². The fraction of sp³-hybridized carbons (Fsp3) is 0.133. The van der Waals surface area contributed by atoms with Crippen molar-refractivity contribution < 1.29 is 8.42 Å². The van der Waals surface area contributed by atoms with Crippen molar-refractivity contribution in [3.05, 3.63) is 64.5 Å². The van der Waals surface area contributed by atoms with Crippen LogP contribution in [0, 0.1) is 0 Å². The molecule has 0 spiro atoms. The van der Waals surface area contributed by atoms with Crippen molar-refractivity contribution in [1.29, 1.82) is 0 Å². The summed E-state index contributed by atoms with van der Waals surface area (Å²) in [5.74, 6) is 0. The highest BCUT2D eigenvalue weighted by Crippen LogP contribution is 2.21. The lowest BCUT2D eigenvalue weighted by Crippen LogP contribution is -2.26. The zero-order chi connectivity index (χ0) is 16.4. The Kier molecular flexibility index (Phi) is 4.59. The molecule has 0 saturated heterocycles. The molecule has 0 aliphatic rings. The number of hydrogen-bond acceptors (Lipinski definition) is 3. The van der Waals surface area contributed by atoms with E-state index in [4.69, 9.17) is 23.2 Å². The zero-order valence-electron chi connectivity index (χ0n) is 11.9. The Bertz CT molecular complexity index is 940. The number of halogens is 2. The number of sulfonamides is 1. The third-order valence-electron chi connectivity index (χ3n) is 3.25. The lowest BCUT2D eigenvalue weighted by atomic mass is 10.3. The van der Waals surface area contributed by atoms with Crippen LogP contribution in [-0.4, -0.2) is 24.3 Å². The highest BCUT2D eigenvalue weighted by molar-refractivity contribution is 7.89. The van der Waals surface area contributed by atoms with Crippen molar-refractivity contribution in [3.63, 3.8) is 0 Å². The van der Waals surface area contributed by atoms with Crippen LogP contribution < -0.4 is 4.72 Å². The van der Waals surface area contributed by atoms with Gasteiger partial charge in [0.05, 0.1) is 20.6 Å². The van der Waals surface area contributed by atoms with Gasteiger partial charge in [-0.3, -0.25) is 0 Å². The molecule has 0 aliphatic carbocycles. The van der Waals surface area contributed by atoms with E-state index in [1.807, 2.05) is 0 Å². The van der Waals surface area contributed by atoms with E-state index in [1.165, 1.54) is 0 Å². The number of fused-ring (bicyclic) bond motifs is 1. The molecule has 0 atom stereocenters. The predicted molar refractivity (Wildman–Crippen MR) is 90.5 cm³/mol. The van der Waals surface area contributed by atoms with Gasteiger partial charge in [-0.2, -0.15) is 0 Å². The molecule has 3 aromatic rings. The van der Waals surface area contributed by atoms with Crippen LogP contribution in [0.3, 0.4) is 0 Å². The van der Waals surface area contributed by atoms with E-state index >= 15 is 0 Å². The molecule has 2 heterocycles. The first-order valence-electron chi connectivity index (χ1n) is 6.83. The largest absolute Gasteiger partial charge is 0.304 e. The monoisotopic (exact) mass is 369 g/mol. The van der Waals surface area contributed by atoms with Gasteiger partial charge in [-0.05, 0) is 18.2 Å². The van der Waals surface area contributed by atoms with E-state index < -0.39 is 10.0 Å². The summed E-state index contributed by atoms with van der Waals surface area (Å²) in [6.07, 6.45) is 3.93. The molecule has 0 bridgehead atoms. The van der Waals surface area contributed by atoms with E-state index in [9.17, 15) is 8.42 Å². The second kappa shape index (κ2) is 6.49. The van der Waals surface area contributed by atoms with E-state index in [0.29, 0.717) is 22.1 Å². The van der Waals surface area contributed by atoms with Crippen molar-refractivity contribution in [2.45, 2.75) is 11.3 Å². The number of pyridine rings is 1. The van der Waals surface area contributed by atoms with Gasteiger partial charge in [0.2, 0.25) is 10.0 Å². The van der Waals surface area contributed by atoms with Gasteiger partial charge in [0.15, 0.2) is 5.65 Å². The Morgan fingerprint density at radius 1 is 1.13 bits per heavy atom. The summed E-state index contributed by atoms with van der Waals surface area (Å²) < 4.78 is 28.5. The van der Waals surface area contributed by atoms with Crippen molar-refractivity contribution in [2.75, 3.05) is 6.54 Å². The standard InChI is InChI=1S/C15H13Cl2N3O2S/c16-11-8-14(17)15-19-12(10-20(15)9-11)6-7-18-23(21,22)13-4-2-1-3-5-13/h1-5,8-10,18H,6-7H2. The maximum Gasteiger partial charge on any atom is 0.240 e. The van der Waals surface area contributed by atoms with E-state index in [2.05, 4.69) is 9.71 Å². The van der Waals surface area contributed by atoms with Crippen LogP contribution in [0.1, 0.15) is 5.69 Å². The third kappa shape index (κ3) is 3.67. The zero-order valence-corrected chi connectivity index (χ0v) is 14.2. The number of nitrogens with one attached hydrogen (secondary N) is 1. The van der Waals surface area contributed by atoms with Crippen LogP contribution in [0.25, 0.3) is 5.65 Å². The number of aromatic nitrogens is 2. The van der Waals surface area contributed by atoms with Crippen LogP contribution in [-0.2, 0) is 16.4 Å². The van der Waals surface area contributed by atoms with Crippen LogP contribution in [0.4, 0.5) is 0 Å². The van der Waals surface area contributed by atoms with Gasteiger partial charge in [-0.25, -0.2) is 18.1 Å². The summed E-state index contributed by atoms with van der Waals surface area (Å²) in [6, 6.07) is 9.85. The summed E-state index contributed by atoms with van der Waals surface area (Å²) in [4.78, 5) is 4.62. The minimum absolute atomic E-state index is 0.241. The molecule has 23 heavy (non-hydrogen) atoms. The molecular weight excluding hydrogens is 357 g/mol. The van der Waals surface area contributed by atoms with Gasteiger partial charge >= 0.3 is 0 Å². The first-order chi connectivity index (χ1) is 11.0. The third-order valence-corrected chi connectivity index (χ3v) is 5.21. The highest BCUT2D eigenvalue weighted by atomic mass is 35.5. The fourth-order valence-electron chi connectivity index (χ4n) is 2.19. The molecule has 2 aromatic heterocycles. The summed E-state index contributed by atoms with van der Waals surface area (Å²) in [6.45, 7) is 0.243.